The number of Topliss-reactive ketones (excluding diaryl/α,β-unsaturated/α-hetero) is 2. The van der Waals surface area contributed by atoms with Crippen LogP contribution >= 0.6 is 0 Å². The van der Waals surface area contributed by atoms with Gasteiger partial charge >= 0.3 is 0 Å². The first-order valence-corrected chi connectivity index (χ1v) is 4.52. The molecule has 0 aromatic carbocycles. The molecule has 0 aliphatic carbocycles. The topological polar surface area (TPSA) is 52.0 Å². The highest BCUT2D eigenvalue weighted by atomic mass is 16.1. The molecule has 0 aliphatic heterocycles. The lowest BCUT2D eigenvalue weighted by Gasteiger charge is -2.07. The highest BCUT2D eigenvalue weighted by Gasteiger charge is 2.19. The number of nitrogens with zero attached hydrogens (tertiary/aromatic N) is 2. The fourth-order valence-corrected chi connectivity index (χ4v) is 1.37. The third-order valence-electron chi connectivity index (χ3n) is 2.11. The molecule has 14 heavy (non-hydrogen) atoms. The molecule has 0 N–H and O–H groups in total. The van der Waals surface area contributed by atoms with Gasteiger partial charge in [-0.15, -0.1) is 0 Å². The summed E-state index contributed by atoms with van der Waals surface area (Å²) >= 11 is 0. The van der Waals surface area contributed by atoms with Crippen molar-refractivity contribution >= 4 is 11.6 Å². The Bertz CT molecular complexity index is 355. The van der Waals surface area contributed by atoms with Gasteiger partial charge in [0.05, 0.1) is 12.5 Å². The minimum Gasteiger partial charge on any atom is -0.331 e. The number of carbonyl (C=O) groups is 2. The van der Waals surface area contributed by atoms with Gasteiger partial charge < -0.3 is 9.36 Å². The van der Waals surface area contributed by atoms with Crippen molar-refractivity contribution in [2.75, 3.05) is 0 Å². The third kappa shape index (κ3) is 2.28. The van der Waals surface area contributed by atoms with Crippen molar-refractivity contribution in [2.45, 2.75) is 20.3 Å². The number of ketones is 2. The Hall–Kier alpha value is -1.45. The van der Waals surface area contributed by atoms with Crippen molar-refractivity contribution in [3.63, 3.8) is 0 Å². The molecule has 4 nitrogen and oxygen atoms in total. The standard InChI is InChI=1S/C10H14N2O2/c1-7(4-8(2)13)10(14)9-5-11-6-12(9)3/h5-7H,4H2,1-3H3. The Labute approximate surface area is 82.9 Å². The van der Waals surface area contributed by atoms with Crippen LogP contribution in [0.4, 0.5) is 0 Å². The van der Waals surface area contributed by atoms with E-state index in [0.29, 0.717) is 12.1 Å². The molecule has 0 radical (unpaired) electrons. The summed E-state index contributed by atoms with van der Waals surface area (Å²) in [7, 11) is 1.76. The second kappa shape index (κ2) is 4.17. The van der Waals surface area contributed by atoms with E-state index in [1.165, 1.54) is 13.1 Å². The normalized spacial score (nSPS) is 12.5. The lowest BCUT2D eigenvalue weighted by molar-refractivity contribution is -0.117. The predicted molar refractivity (Wildman–Crippen MR) is 52.0 cm³/mol. The molecule has 1 unspecified atom stereocenters. The van der Waals surface area contributed by atoms with Crippen molar-refractivity contribution < 1.29 is 9.59 Å². The highest BCUT2D eigenvalue weighted by Crippen LogP contribution is 2.11. The first kappa shape index (κ1) is 10.6. The lowest BCUT2D eigenvalue weighted by atomic mass is 9.98. The highest BCUT2D eigenvalue weighted by molar-refractivity contribution is 5.98. The zero-order valence-electron chi connectivity index (χ0n) is 8.65. The molecule has 0 bridgehead atoms. The predicted octanol–water partition coefficient (Wildman–Crippen LogP) is 1.22. The smallest absolute Gasteiger partial charge is 0.184 e. The first-order chi connectivity index (χ1) is 6.52. The minimum atomic E-state index is -0.261. The van der Waals surface area contributed by atoms with E-state index in [-0.39, 0.29) is 17.5 Å². The third-order valence-corrected chi connectivity index (χ3v) is 2.11. The van der Waals surface area contributed by atoms with Crippen molar-refractivity contribution in [1.29, 1.82) is 0 Å². The molecule has 0 spiro atoms. The molecule has 1 rings (SSSR count). The second-order valence-electron chi connectivity index (χ2n) is 3.56. The summed E-state index contributed by atoms with van der Waals surface area (Å²) in [5.74, 6) is -0.254. The minimum absolute atomic E-state index is 0.0276. The molecule has 1 aromatic heterocycles. The molecule has 0 saturated carbocycles. The van der Waals surface area contributed by atoms with Gasteiger partial charge in [0.15, 0.2) is 5.78 Å². The summed E-state index contributed by atoms with van der Waals surface area (Å²) in [5.41, 5.74) is 0.554. The zero-order chi connectivity index (χ0) is 10.7. The SMILES string of the molecule is CC(=O)CC(C)C(=O)c1cncn1C. The summed E-state index contributed by atoms with van der Waals surface area (Å²) in [6.07, 6.45) is 3.40. The van der Waals surface area contributed by atoms with Crippen LogP contribution in [0.15, 0.2) is 12.5 Å². The summed E-state index contributed by atoms with van der Waals surface area (Å²) in [6, 6.07) is 0. The van der Waals surface area contributed by atoms with E-state index in [9.17, 15) is 9.59 Å². The number of aromatic nitrogens is 2. The monoisotopic (exact) mass is 194 g/mol. The number of aryl methyl sites for hydroxylation is 1. The van der Waals surface area contributed by atoms with E-state index >= 15 is 0 Å². The van der Waals surface area contributed by atoms with Gasteiger partial charge in [-0.1, -0.05) is 6.92 Å². The van der Waals surface area contributed by atoms with Gasteiger partial charge in [-0.05, 0) is 6.92 Å². The molecule has 1 heterocycles. The van der Waals surface area contributed by atoms with Crippen LogP contribution in [0.1, 0.15) is 30.8 Å². The maximum absolute atomic E-state index is 11.7. The zero-order valence-corrected chi connectivity index (χ0v) is 8.65. The Morgan fingerprint density at radius 2 is 2.21 bits per heavy atom. The molecule has 0 aliphatic rings. The molecule has 1 aromatic rings. The van der Waals surface area contributed by atoms with E-state index in [1.807, 2.05) is 0 Å². The average Bonchev–Trinajstić information content (AvgIpc) is 2.48. The summed E-state index contributed by atoms with van der Waals surface area (Å²) < 4.78 is 1.67. The molecule has 4 heteroatoms. The quantitative estimate of drug-likeness (QED) is 0.677. The van der Waals surface area contributed by atoms with Gasteiger partial charge in [0.1, 0.15) is 11.5 Å². The van der Waals surface area contributed by atoms with Gasteiger partial charge in [-0.2, -0.15) is 0 Å². The molecule has 1 atom stereocenters. The van der Waals surface area contributed by atoms with E-state index < -0.39 is 0 Å². The lowest BCUT2D eigenvalue weighted by Crippen LogP contribution is -2.16. The van der Waals surface area contributed by atoms with Gasteiger partial charge in [0.25, 0.3) is 0 Å². The van der Waals surface area contributed by atoms with Crippen molar-refractivity contribution in [3.05, 3.63) is 18.2 Å². The van der Waals surface area contributed by atoms with Crippen LogP contribution in [0.25, 0.3) is 0 Å². The van der Waals surface area contributed by atoms with Crippen molar-refractivity contribution in [3.8, 4) is 0 Å². The summed E-state index contributed by atoms with van der Waals surface area (Å²) in [5, 5.41) is 0. The second-order valence-corrected chi connectivity index (χ2v) is 3.56. The van der Waals surface area contributed by atoms with E-state index in [2.05, 4.69) is 4.98 Å². The van der Waals surface area contributed by atoms with E-state index in [0.717, 1.165) is 0 Å². The van der Waals surface area contributed by atoms with Crippen LogP contribution in [-0.2, 0) is 11.8 Å². The fourth-order valence-electron chi connectivity index (χ4n) is 1.37. The number of hydrogen-bond acceptors (Lipinski definition) is 3. The maximum Gasteiger partial charge on any atom is 0.184 e. The largest absolute Gasteiger partial charge is 0.331 e. The fraction of sp³-hybridized carbons (Fsp3) is 0.500. The van der Waals surface area contributed by atoms with Crippen molar-refractivity contribution in [1.82, 2.24) is 9.55 Å². The van der Waals surface area contributed by atoms with Crippen molar-refractivity contribution in [2.24, 2.45) is 13.0 Å². The van der Waals surface area contributed by atoms with Crippen LogP contribution in [0.3, 0.4) is 0 Å². The molecular formula is C10H14N2O2. The van der Waals surface area contributed by atoms with E-state index in [1.54, 1.807) is 24.9 Å². The van der Waals surface area contributed by atoms with Gasteiger partial charge in [0, 0.05) is 19.4 Å². The molecule has 0 amide bonds. The number of rotatable bonds is 4. The summed E-state index contributed by atoms with van der Waals surface area (Å²) in [4.78, 5) is 26.4. The van der Waals surface area contributed by atoms with Gasteiger partial charge in [0.2, 0.25) is 0 Å². The Morgan fingerprint density at radius 1 is 1.57 bits per heavy atom. The van der Waals surface area contributed by atoms with Gasteiger partial charge in [-0.3, -0.25) is 4.79 Å². The number of carbonyl (C=O) groups excluding carboxylic acids is 2. The van der Waals surface area contributed by atoms with Gasteiger partial charge in [-0.25, -0.2) is 4.98 Å². The molecular weight excluding hydrogens is 180 g/mol. The summed E-state index contributed by atoms with van der Waals surface area (Å²) in [6.45, 7) is 3.25. The Kier molecular flexibility index (Phi) is 3.17. The molecule has 76 valence electrons. The van der Waals surface area contributed by atoms with Crippen LogP contribution in [0, 0.1) is 5.92 Å². The van der Waals surface area contributed by atoms with Crippen LogP contribution in [-0.4, -0.2) is 21.1 Å². The maximum atomic E-state index is 11.7. The number of imidazole rings is 1. The van der Waals surface area contributed by atoms with E-state index in [4.69, 9.17) is 0 Å². The number of hydrogen-bond donors (Lipinski definition) is 0. The van der Waals surface area contributed by atoms with Crippen LogP contribution < -0.4 is 0 Å². The molecule has 0 fully saturated rings. The van der Waals surface area contributed by atoms with Crippen LogP contribution in [0.2, 0.25) is 0 Å². The Balaban J connectivity index is 2.76. The van der Waals surface area contributed by atoms with Crippen LogP contribution in [0.5, 0.6) is 0 Å². The Morgan fingerprint density at radius 3 is 2.64 bits per heavy atom. The first-order valence-electron chi connectivity index (χ1n) is 4.52. The average molecular weight is 194 g/mol. The molecule has 0 saturated heterocycles.